The van der Waals surface area contributed by atoms with E-state index in [-0.39, 0.29) is 23.7 Å². The van der Waals surface area contributed by atoms with Crippen molar-refractivity contribution in [1.82, 2.24) is 9.88 Å². The smallest absolute Gasteiger partial charge is 0.256 e. The van der Waals surface area contributed by atoms with Crippen molar-refractivity contribution < 1.29 is 14.3 Å². The van der Waals surface area contributed by atoms with Crippen LogP contribution < -0.4 is 4.90 Å². The fourth-order valence-corrected chi connectivity index (χ4v) is 4.14. The van der Waals surface area contributed by atoms with Crippen LogP contribution in [0.1, 0.15) is 15.4 Å². The molecule has 30 heavy (non-hydrogen) atoms. The predicted molar refractivity (Wildman–Crippen MR) is 117 cm³/mol. The van der Waals surface area contributed by atoms with Crippen LogP contribution in [-0.4, -0.2) is 47.4 Å². The molecule has 6 nitrogen and oxygen atoms in total. The van der Waals surface area contributed by atoms with Gasteiger partial charge in [0.25, 0.3) is 5.91 Å². The van der Waals surface area contributed by atoms with E-state index in [0.717, 1.165) is 11.3 Å². The van der Waals surface area contributed by atoms with E-state index in [0.29, 0.717) is 16.3 Å². The number of anilines is 1. The normalized spacial score (nSPS) is 13.8. The lowest BCUT2D eigenvalue weighted by Crippen LogP contribution is -2.27. The minimum Gasteiger partial charge on any atom is -0.510 e. The van der Waals surface area contributed by atoms with Gasteiger partial charge in [0.15, 0.2) is 0 Å². The van der Waals surface area contributed by atoms with Gasteiger partial charge in [-0.25, -0.2) is 9.37 Å². The molecule has 0 aliphatic carbocycles. The highest BCUT2D eigenvalue weighted by atomic mass is 32.1. The van der Waals surface area contributed by atoms with Gasteiger partial charge in [0, 0.05) is 30.7 Å². The number of rotatable bonds is 4. The van der Waals surface area contributed by atoms with E-state index in [1.165, 1.54) is 39.3 Å². The third-order valence-electron chi connectivity index (χ3n) is 4.79. The fraction of sp³-hybridized carbons (Fsp3) is 0.136. The summed E-state index contributed by atoms with van der Waals surface area (Å²) in [5.41, 5.74) is 2.42. The monoisotopic (exact) mass is 422 g/mol. The number of benzene rings is 2. The van der Waals surface area contributed by atoms with Crippen molar-refractivity contribution in [2.24, 2.45) is 0 Å². The van der Waals surface area contributed by atoms with Gasteiger partial charge < -0.3 is 14.9 Å². The maximum Gasteiger partial charge on any atom is 0.256 e. The Balaban J connectivity index is 1.64. The molecule has 3 aromatic rings. The minimum absolute atomic E-state index is 0.0128. The van der Waals surface area contributed by atoms with Crippen LogP contribution in [-0.2, 0) is 0 Å². The van der Waals surface area contributed by atoms with E-state index in [2.05, 4.69) is 4.98 Å². The minimum atomic E-state index is -0.631. The third-order valence-corrected chi connectivity index (χ3v) is 5.65. The fourth-order valence-electron chi connectivity index (χ4n) is 3.24. The Morgan fingerprint density at radius 1 is 1.23 bits per heavy atom. The molecule has 0 saturated carbocycles. The summed E-state index contributed by atoms with van der Waals surface area (Å²) < 4.78 is 14.2. The number of hydrogen-bond acceptors (Lipinski definition) is 5. The highest BCUT2D eigenvalue weighted by Crippen LogP contribution is 2.35. The number of aliphatic hydroxyl groups is 1. The molecule has 0 fully saturated rings. The van der Waals surface area contributed by atoms with Crippen LogP contribution in [0.4, 0.5) is 10.1 Å². The summed E-state index contributed by atoms with van der Waals surface area (Å²) in [5, 5.41) is 21.6. The van der Waals surface area contributed by atoms with Crippen molar-refractivity contribution in [2.45, 2.75) is 0 Å². The molecule has 1 amide bonds. The Morgan fingerprint density at radius 3 is 2.67 bits per heavy atom. The highest BCUT2D eigenvalue weighted by molar-refractivity contribution is 7.11. The van der Waals surface area contributed by atoms with E-state index in [1.54, 1.807) is 14.1 Å². The number of nitrogens with one attached hydrogen (secondary N) is 1. The predicted octanol–water partition coefficient (Wildman–Crippen LogP) is 4.42. The Labute approximate surface area is 177 Å². The highest BCUT2D eigenvalue weighted by Gasteiger charge is 2.32. The van der Waals surface area contributed by atoms with Crippen LogP contribution in [0.25, 0.3) is 16.8 Å². The van der Waals surface area contributed by atoms with E-state index in [1.807, 2.05) is 35.7 Å². The van der Waals surface area contributed by atoms with Gasteiger partial charge in [-0.3, -0.25) is 10.2 Å². The van der Waals surface area contributed by atoms with E-state index in [9.17, 15) is 14.3 Å². The number of halogens is 1. The second-order valence-electron chi connectivity index (χ2n) is 7.02. The summed E-state index contributed by atoms with van der Waals surface area (Å²) in [7, 11) is 3.09. The van der Waals surface area contributed by atoms with Gasteiger partial charge in [-0.05, 0) is 18.2 Å². The number of aromatic nitrogens is 1. The van der Waals surface area contributed by atoms with Gasteiger partial charge in [0.1, 0.15) is 22.4 Å². The van der Waals surface area contributed by atoms with Crippen LogP contribution in [0.15, 0.2) is 59.7 Å². The molecule has 4 rings (SSSR count). The lowest BCUT2D eigenvalue weighted by Gasteiger charge is -2.20. The molecule has 152 valence electrons. The average molecular weight is 422 g/mol. The van der Waals surface area contributed by atoms with Crippen LogP contribution in [0, 0.1) is 11.2 Å². The van der Waals surface area contributed by atoms with Gasteiger partial charge in [-0.1, -0.05) is 30.3 Å². The molecule has 8 heteroatoms. The van der Waals surface area contributed by atoms with Gasteiger partial charge >= 0.3 is 0 Å². The van der Waals surface area contributed by atoms with Crippen LogP contribution in [0.2, 0.25) is 0 Å². The Hall–Kier alpha value is -3.52. The molecule has 1 aromatic heterocycles. The van der Waals surface area contributed by atoms with Gasteiger partial charge in [-0.2, -0.15) is 0 Å². The first-order valence-electron chi connectivity index (χ1n) is 9.18. The van der Waals surface area contributed by atoms with E-state index < -0.39 is 11.7 Å². The number of carbonyl (C=O) groups is 1. The Morgan fingerprint density at radius 2 is 1.97 bits per heavy atom. The molecule has 0 spiro atoms. The number of amidine groups is 1. The van der Waals surface area contributed by atoms with Crippen LogP contribution in [0.3, 0.4) is 0 Å². The van der Waals surface area contributed by atoms with Crippen molar-refractivity contribution in [3.63, 3.8) is 0 Å². The number of thiazole rings is 1. The van der Waals surface area contributed by atoms with Crippen molar-refractivity contribution in [3.8, 4) is 11.3 Å². The quantitative estimate of drug-likeness (QED) is 0.652. The van der Waals surface area contributed by atoms with Crippen LogP contribution in [0.5, 0.6) is 0 Å². The maximum absolute atomic E-state index is 14.2. The first-order valence-corrected chi connectivity index (χ1v) is 10.1. The summed E-state index contributed by atoms with van der Waals surface area (Å²) in [5.74, 6) is -1.03. The summed E-state index contributed by atoms with van der Waals surface area (Å²) in [6.07, 6.45) is 0. The van der Waals surface area contributed by atoms with Crippen molar-refractivity contribution in [1.29, 1.82) is 5.41 Å². The summed E-state index contributed by atoms with van der Waals surface area (Å²) >= 11 is 1.34. The first kappa shape index (κ1) is 19.8. The summed E-state index contributed by atoms with van der Waals surface area (Å²) in [6.45, 7) is 0.0512. The van der Waals surface area contributed by atoms with Gasteiger partial charge in [-0.15, -0.1) is 11.3 Å². The zero-order valence-corrected chi connectivity index (χ0v) is 17.2. The molecule has 0 bridgehead atoms. The molecule has 0 radical (unpaired) electrons. The maximum atomic E-state index is 14.2. The lowest BCUT2D eigenvalue weighted by molar-refractivity contribution is 0.0823. The topological polar surface area (TPSA) is 80.5 Å². The molecular weight excluding hydrogens is 403 g/mol. The number of aliphatic hydroxyl groups excluding tert-OH is 1. The Kier molecular flexibility index (Phi) is 5.09. The van der Waals surface area contributed by atoms with E-state index in [4.69, 9.17) is 5.41 Å². The molecule has 0 atom stereocenters. The molecule has 2 aromatic carbocycles. The largest absolute Gasteiger partial charge is 0.510 e. The third kappa shape index (κ3) is 3.46. The molecule has 1 aliphatic rings. The number of amides is 1. The summed E-state index contributed by atoms with van der Waals surface area (Å²) in [6, 6.07) is 13.8. The zero-order valence-electron chi connectivity index (χ0n) is 16.4. The second-order valence-corrected chi connectivity index (χ2v) is 7.88. The number of carbonyl (C=O) groups excluding carboxylic acids is 1. The first-order chi connectivity index (χ1) is 14.4. The summed E-state index contributed by atoms with van der Waals surface area (Å²) in [4.78, 5) is 19.7. The van der Waals surface area contributed by atoms with Crippen molar-refractivity contribution in [2.75, 3.05) is 25.5 Å². The SMILES string of the molecule is CN(C)C(=O)c1cc(N2CC(O)=C(c3nc(-c4ccccc4)cs3)C2=N)ccc1F. The van der Waals surface area contributed by atoms with Crippen molar-refractivity contribution >= 4 is 34.3 Å². The molecule has 2 N–H and O–H groups in total. The molecule has 0 saturated heterocycles. The number of nitrogens with zero attached hydrogens (tertiary/aromatic N) is 3. The number of hydrogen-bond donors (Lipinski definition) is 2. The average Bonchev–Trinajstić information content (AvgIpc) is 3.33. The van der Waals surface area contributed by atoms with Crippen LogP contribution >= 0.6 is 11.3 Å². The Bertz CT molecular complexity index is 1170. The standard InChI is InChI=1S/C22H19FN4O2S/c1-26(2)22(29)15-10-14(8-9-16(15)23)27-11-18(28)19(20(27)24)21-25-17(12-30-21)13-6-4-3-5-7-13/h3-10,12,24,28H,11H2,1-2H3. The molecule has 2 heterocycles. The van der Waals surface area contributed by atoms with E-state index >= 15 is 0 Å². The lowest BCUT2D eigenvalue weighted by atomic mass is 10.1. The molecule has 1 aliphatic heterocycles. The second kappa shape index (κ2) is 7.72. The molecule has 0 unspecified atom stereocenters. The van der Waals surface area contributed by atoms with Gasteiger partial charge in [0.2, 0.25) is 0 Å². The van der Waals surface area contributed by atoms with Crippen molar-refractivity contribution in [3.05, 3.63) is 76.1 Å². The van der Waals surface area contributed by atoms with Gasteiger partial charge in [0.05, 0.1) is 23.4 Å². The molecular formula is C22H19FN4O2S. The zero-order chi connectivity index (χ0) is 21.4.